The molecule has 1 heterocycles. The van der Waals surface area contributed by atoms with Crippen LogP contribution in [-0.4, -0.2) is 36.6 Å². The van der Waals surface area contributed by atoms with Crippen molar-refractivity contribution >= 4 is 11.6 Å². The van der Waals surface area contributed by atoms with Crippen LogP contribution in [0, 0.1) is 10.1 Å². The Balaban J connectivity index is 2.22. The van der Waals surface area contributed by atoms with Gasteiger partial charge in [0.15, 0.2) is 5.75 Å². The Morgan fingerprint density at radius 3 is 2.85 bits per heavy atom. The van der Waals surface area contributed by atoms with E-state index in [1.807, 2.05) is 6.92 Å². The summed E-state index contributed by atoms with van der Waals surface area (Å²) in [5.74, 6) is -0.178. The number of hydrogen-bond acceptors (Lipinski definition) is 5. The second-order valence-electron chi connectivity index (χ2n) is 5.09. The van der Waals surface area contributed by atoms with Crippen LogP contribution in [0.15, 0.2) is 18.2 Å². The number of carbonyl (C=O) groups is 1. The van der Waals surface area contributed by atoms with Gasteiger partial charge < -0.3 is 15.4 Å². The summed E-state index contributed by atoms with van der Waals surface area (Å²) in [6, 6.07) is 4.19. The first-order valence-electron chi connectivity index (χ1n) is 6.31. The molecule has 0 radical (unpaired) electrons. The van der Waals surface area contributed by atoms with Gasteiger partial charge in [-0.3, -0.25) is 14.9 Å². The van der Waals surface area contributed by atoms with E-state index in [-0.39, 0.29) is 28.4 Å². The Morgan fingerprint density at radius 1 is 1.55 bits per heavy atom. The van der Waals surface area contributed by atoms with Gasteiger partial charge in [0.05, 0.1) is 17.6 Å². The van der Waals surface area contributed by atoms with Crippen LogP contribution < -0.4 is 15.4 Å². The largest absolute Gasteiger partial charge is 0.490 e. The fraction of sp³-hybridized carbons (Fsp3) is 0.462. The van der Waals surface area contributed by atoms with Gasteiger partial charge in [-0.25, -0.2) is 0 Å². The lowest BCUT2D eigenvalue weighted by Gasteiger charge is -2.24. The molecule has 0 saturated carbocycles. The van der Waals surface area contributed by atoms with Crippen LogP contribution in [0.25, 0.3) is 0 Å². The van der Waals surface area contributed by atoms with Crippen LogP contribution in [0.4, 0.5) is 5.69 Å². The molecule has 1 atom stereocenters. The van der Waals surface area contributed by atoms with Crippen LogP contribution in [-0.2, 0) is 0 Å². The molecule has 0 aliphatic carbocycles. The number of rotatable bonds is 4. The molecule has 0 spiro atoms. The second kappa shape index (κ2) is 5.46. The van der Waals surface area contributed by atoms with Gasteiger partial charge in [-0.05, 0) is 32.0 Å². The third kappa shape index (κ3) is 2.88. The lowest BCUT2D eigenvalue weighted by atomic mass is 10.0. The minimum Gasteiger partial charge on any atom is -0.490 e. The lowest BCUT2D eigenvalue weighted by molar-refractivity contribution is -0.385. The van der Waals surface area contributed by atoms with E-state index in [1.165, 1.54) is 25.3 Å². The molecule has 0 aromatic heterocycles. The smallest absolute Gasteiger partial charge is 0.311 e. The average molecular weight is 279 g/mol. The zero-order chi connectivity index (χ0) is 14.8. The monoisotopic (exact) mass is 279 g/mol. The highest BCUT2D eigenvalue weighted by Gasteiger charge is 2.30. The van der Waals surface area contributed by atoms with Crippen molar-refractivity contribution in [2.45, 2.75) is 18.9 Å². The molecular formula is C13H17N3O4. The molecule has 7 heteroatoms. The van der Waals surface area contributed by atoms with Crippen LogP contribution in [0.1, 0.15) is 23.7 Å². The maximum absolute atomic E-state index is 12.2. The quantitative estimate of drug-likeness (QED) is 0.635. The van der Waals surface area contributed by atoms with Crippen molar-refractivity contribution in [1.29, 1.82) is 0 Å². The summed E-state index contributed by atoms with van der Waals surface area (Å²) in [5.41, 5.74) is -0.272. The van der Waals surface area contributed by atoms with E-state index < -0.39 is 4.92 Å². The molecule has 108 valence electrons. The number of nitro groups is 1. The number of hydrogen-bond donors (Lipinski definition) is 2. The summed E-state index contributed by atoms with van der Waals surface area (Å²) in [5, 5.41) is 17.0. The van der Waals surface area contributed by atoms with Gasteiger partial charge in [0, 0.05) is 18.2 Å². The Hall–Kier alpha value is -2.15. The van der Waals surface area contributed by atoms with Gasteiger partial charge in [0.1, 0.15) is 0 Å². The maximum atomic E-state index is 12.2. The van der Waals surface area contributed by atoms with Crippen molar-refractivity contribution in [3.05, 3.63) is 33.9 Å². The van der Waals surface area contributed by atoms with E-state index in [1.54, 1.807) is 0 Å². The first-order chi connectivity index (χ1) is 9.45. The summed E-state index contributed by atoms with van der Waals surface area (Å²) in [6.45, 7) is 3.49. The van der Waals surface area contributed by atoms with Crippen molar-refractivity contribution in [2.75, 3.05) is 20.2 Å². The molecule has 20 heavy (non-hydrogen) atoms. The molecule has 1 amide bonds. The minimum absolute atomic E-state index is 0.139. The van der Waals surface area contributed by atoms with Crippen molar-refractivity contribution in [1.82, 2.24) is 10.6 Å². The highest BCUT2D eigenvalue weighted by atomic mass is 16.6. The standard InChI is InChI=1S/C13H17N3O4/c1-13(5-6-14-8-13)15-12(17)9-3-4-11(20-2)10(7-9)16(18)19/h3-4,7,14H,5-6,8H2,1-2H3,(H,15,17). The maximum Gasteiger partial charge on any atom is 0.311 e. The molecule has 1 aromatic carbocycles. The molecule has 0 bridgehead atoms. The van der Waals surface area contributed by atoms with Crippen LogP contribution in [0.5, 0.6) is 5.75 Å². The number of benzene rings is 1. The average Bonchev–Trinajstić information content (AvgIpc) is 2.84. The van der Waals surface area contributed by atoms with Gasteiger partial charge in [0.2, 0.25) is 0 Å². The van der Waals surface area contributed by atoms with Crippen molar-refractivity contribution in [2.24, 2.45) is 0 Å². The van der Waals surface area contributed by atoms with E-state index in [9.17, 15) is 14.9 Å². The van der Waals surface area contributed by atoms with Crippen LogP contribution in [0.3, 0.4) is 0 Å². The van der Waals surface area contributed by atoms with E-state index >= 15 is 0 Å². The zero-order valence-corrected chi connectivity index (χ0v) is 11.4. The topological polar surface area (TPSA) is 93.5 Å². The normalized spacial score (nSPS) is 21.5. The molecule has 1 unspecified atom stereocenters. The van der Waals surface area contributed by atoms with Crippen LogP contribution >= 0.6 is 0 Å². The molecule has 2 rings (SSSR count). The Kier molecular flexibility index (Phi) is 3.89. The summed E-state index contributed by atoms with van der Waals surface area (Å²) in [7, 11) is 1.35. The third-order valence-corrected chi connectivity index (χ3v) is 3.42. The molecule has 1 aliphatic heterocycles. The molecule has 1 saturated heterocycles. The number of nitrogens with zero attached hydrogens (tertiary/aromatic N) is 1. The fourth-order valence-corrected chi connectivity index (χ4v) is 2.24. The molecule has 2 N–H and O–H groups in total. The highest BCUT2D eigenvalue weighted by molar-refractivity contribution is 5.95. The van der Waals surface area contributed by atoms with E-state index in [0.29, 0.717) is 6.54 Å². The van der Waals surface area contributed by atoms with Gasteiger partial charge in [0.25, 0.3) is 5.91 Å². The van der Waals surface area contributed by atoms with Crippen molar-refractivity contribution < 1.29 is 14.5 Å². The molecule has 7 nitrogen and oxygen atoms in total. The first-order valence-corrected chi connectivity index (χ1v) is 6.31. The Morgan fingerprint density at radius 2 is 2.30 bits per heavy atom. The number of amides is 1. The molecular weight excluding hydrogens is 262 g/mol. The summed E-state index contributed by atoms with van der Waals surface area (Å²) in [4.78, 5) is 22.6. The molecule has 1 aromatic rings. The first kappa shape index (κ1) is 14.3. The van der Waals surface area contributed by atoms with Gasteiger partial charge in [-0.2, -0.15) is 0 Å². The van der Waals surface area contributed by atoms with Crippen molar-refractivity contribution in [3.63, 3.8) is 0 Å². The van der Waals surface area contributed by atoms with Gasteiger partial charge >= 0.3 is 5.69 Å². The molecule has 1 fully saturated rings. The summed E-state index contributed by atoms with van der Waals surface area (Å²) >= 11 is 0. The number of nitrogens with one attached hydrogen (secondary N) is 2. The highest BCUT2D eigenvalue weighted by Crippen LogP contribution is 2.27. The van der Waals surface area contributed by atoms with Crippen molar-refractivity contribution in [3.8, 4) is 5.75 Å². The Labute approximate surface area is 116 Å². The molecule has 1 aliphatic rings. The minimum atomic E-state index is -0.561. The number of methoxy groups -OCH3 is 1. The fourth-order valence-electron chi connectivity index (χ4n) is 2.24. The van der Waals surface area contributed by atoms with Gasteiger partial charge in [-0.1, -0.05) is 0 Å². The number of carbonyl (C=O) groups excluding carboxylic acids is 1. The third-order valence-electron chi connectivity index (χ3n) is 3.42. The number of nitro benzene ring substituents is 1. The van der Waals surface area contributed by atoms with E-state index in [2.05, 4.69) is 10.6 Å². The number of ether oxygens (including phenoxy) is 1. The van der Waals surface area contributed by atoms with Gasteiger partial charge in [-0.15, -0.1) is 0 Å². The SMILES string of the molecule is COc1ccc(C(=O)NC2(C)CCNC2)cc1[N+](=O)[O-]. The lowest BCUT2D eigenvalue weighted by Crippen LogP contribution is -2.47. The second-order valence-corrected chi connectivity index (χ2v) is 5.09. The predicted molar refractivity (Wildman–Crippen MR) is 73.0 cm³/mol. The Bertz CT molecular complexity index is 538. The predicted octanol–water partition coefficient (Wildman–Crippen LogP) is 1.09. The van der Waals surface area contributed by atoms with E-state index in [4.69, 9.17) is 4.74 Å². The zero-order valence-electron chi connectivity index (χ0n) is 11.4. The van der Waals surface area contributed by atoms with E-state index in [0.717, 1.165) is 13.0 Å². The van der Waals surface area contributed by atoms with Crippen LogP contribution in [0.2, 0.25) is 0 Å². The summed E-state index contributed by atoms with van der Waals surface area (Å²) < 4.78 is 4.91. The summed E-state index contributed by atoms with van der Waals surface area (Å²) in [6.07, 6.45) is 0.830.